The molecule has 0 aliphatic heterocycles. The predicted molar refractivity (Wildman–Crippen MR) is 80.4 cm³/mol. The molecule has 0 heterocycles. The van der Waals surface area contributed by atoms with E-state index in [1.807, 2.05) is 0 Å². The number of nitrogens with zero attached hydrogens (tertiary/aromatic N) is 1. The van der Waals surface area contributed by atoms with Gasteiger partial charge in [0.25, 0.3) is 0 Å². The lowest BCUT2D eigenvalue weighted by molar-refractivity contribution is 0.170. The number of hydrogen-bond donors (Lipinski definition) is 0. The molecule has 1 unspecified atom stereocenters. The molecule has 1 aromatic carbocycles. The van der Waals surface area contributed by atoms with Crippen LogP contribution in [0.2, 0.25) is 0 Å². The summed E-state index contributed by atoms with van der Waals surface area (Å²) in [6, 6.07) is 8.82. The van der Waals surface area contributed by atoms with Crippen molar-refractivity contribution in [1.82, 2.24) is 0 Å². The molecule has 102 valence electrons. The molecule has 2 heteroatoms. The zero-order valence-electron chi connectivity index (χ0n) is 11.8. The van der Waals surface area contributed by atoms with Crippen molar-refractivity contribution in [2.45, 2.75) is 39.0 Å². The quantitative estimate of drug-likeness (QED) is 0.438. The second kappa shape index (κ2) is 7.13. The van der Waals surface area contributed by atoms with Crippen molar-refractivity contribution >= 4 is 5.71 Å². The van der Waals surface area contributed by atoms with Gasteiger partial charge in [-0.15, -0.1) is 0 Å². The highest BCUT2D eigenvalue weighted by Crippen LogP contribution is 2.25. The lowest BCUT2D eigenvalue weighted by Crippen LogP contribution is -2.22. The molecule has 1 atom stereocenters. The van der Waals surface area contributed by atoms with E-state index in [-0.39, 0.29) is 0 Å². The minimum Gasteiger partial charge on any atom is -0.392 e. The molecule has 2 nitrogen and oxygen atoms in total. The van der Waals surface area contributed by atoms with Gasteiger partial charge in [-0.05, 0) is 38.2 Å². The van der Waals surface area contributed by atoms with Crippen LogP contribution in [0.15, 0.2) is 42.1 Å². The molecule has 0 amide bonds. The van der Waals surface area contributed by atoms with Crippen molar-refractivity contribution in [2.24, 2.45) is 11.1 Å². The molecular formula is C17H23NO. The van der Waals surface area contributed by atoms with E-state index in [1.54, 1.807) is 6.08 Å². The highest BCUT2D eigenvalue weighted by Gasteiger charge is 2.21. The van der Waals surface area contributed by atoms with Crippen LogP contribution < -0.4 is 0 Å². The van der Waals surface area contributed by atoms with E-state index in [9.17, 15) is 0 Å². The van der Waals surface area contributed by atoms with E-state index in [4.69, 9.17) is 4.84 Å². The molecule has 0 N–H and O–H groups in total. The summed E-state index contributed by atoms with van der Waals surface area (Å²) in [7, 11) is 0. The van der Waals surface area contributed by atoms with E-state index < -0.39 is 0 Å². The molecule has 0 bridgehead atoms. The normalized spacial score (nSPS) is 21.3. The topological polar surface area (TPSA) is 21.6 Å². The van der Waals surface area contributed by atoms with Crippen molar-refractivity contribution in [2.75, 3.05) is 6.61 Å². The number of oxime groups is 1. The number of hydrogen-bond acceptors (Lipinski definition) is 2. The summed E-state index contributed by atoms with van der Waals surface area (Å²) < 4.78 is 0. The van der Waals surface area contributed by atoms with E-state index in [0.29, 0.717) is 12.5 Å². The van der Waals surface area contributed by atoms with Gasteiger partial charge in [-0.2, -0.15) is 0 Å². The van der Waals surface area contributed by atoms with Crippen molar-refractivity contribution in [3.05, 3.63) is 48.0 Å². The minimum absolute atomic E-state index is 0.501. The maximum atomic E-state index is 5.28. The van der Waals surface area contributed by atoms with Crippen LogP contribution in [0.25, 0.3) is 0 Å². The monoisotopic (exact) mass is 257 g/mol. The van der Waals surface area contributed by atoms with Gasteiger partial charge in [-0.3, -0.25) is 0 Å². The van der Waals surface area contributed by atoms with Gasteiger partial charge >= 0.3 is 0 Å². The van der Waals surface area contributed by atoms with Gasteiger partial charge in [0.1, 0.15) is 6.61 Å². The Morgan fingerprint density at radius 1 is 1.32 bits per heavy atom. The Labute approximate surface area is 116 Å². The zero-order chi connectivity index (χ0) is 13.5. The van der Waals surface area contributed by atoms with Crippen LogP contribution >= 0.6 is 0 Å². The van der Waals surface area contributed by atoms with E-state index in [0.717, 1.165) is 12.8 Å². The lowest BCUT2D eigenvalue weighted by Gasteiger charge is -2.23. The second-order valence-electron chi connectivity index (χ2n) is 5.30. The van der Waals surface area contributed by atoms with E-state index in [1.165, 1.54) is 36.1 Å². The predicted octanol–water partition coefficient (Wildman–Crippen LogP) is 4.29. The SMILES string of the molecule is C=CCO/N=C1\CCCCC1Cc1ccc(C)cc1. The molecule has 0 spiro atoms. The first-order valence-electron chi connectivity index (χ1n) is 7.14. The van der Waals surface area contributed by atoms with Crippen LogP contribution in [0.4, 0.5) is 0 Å². The Morgan fingerprint density at radius 2 is 2.11 bits per heavy atom. The highest BCUT2D eigenvalue weighted by atomic mass is 16.6. The fourth-order valence-electron chi connectivity index (χ4n) is 2.59. The smallest absolute Gasteiger partial charge is 0.135 e. The summed E-state index contributed by atoms with van der Waals surface area (Å²) in [5.74, 6) is 0.543. The summed E-state index contributed by atoms with van der Waals surface area (Å²) in [4.78, 5) is 5.28. The maximum Gasteiger partial charge on any atom is 0.135 e. The fourth-order valence-corrected chi connectivity index (χ4v) is 2.59. The summed E-state index contributed by atoms with van der Waals surface area (Å²) in [5.41, 5.74) is 3.94. The molecule has 19 heavy (non-hydrogen) atoms. The van der Waals surface area contributed by atoms with Gasteiger partial charge in [-0.25, -0.2) is 0 Å². The standard InChI is InChI=1S/C17H23NO/c1-3-12-19-18-17-7-5-4-6-16(17)13-15-10-8-14(2)9-11-15/h3,8-11,16H,1,4-7,12-13H2,2H3/b18-17+. The third-order valence-corrected chi connectivity index (χ3v) is 3.68. The first kappa shape index (κ1) is 13.9. The molecule has 0 saturated heterocycles. The molecule has 0 radical (unpaired) electrons. The summed E-state index contributed by atoms with van der Waals surface area (Å²) >= 11 is 0. The first-order valence-corrected chi connectivity index (χ1v) is 7.14. The van der Waals surface area contributed by atoms with Gasteiger partial charge < -0.3 is 4.84 Å². The van der Waals surface area contributed by atoms with Crippen LogP contribution in [-0.2, 0) is 11.3 Å². The third kappa shape index (κ3) is 4.23. The van der Waals surface area contributed by atoms with Crippen molar-refractivity contribution in [1.29, 1.82) is 0 Å². The van der Waals surface area contributed by atoms with Crippen LogP contribution in [-0.4, -0.2) is 12.3 Å². The largest absolute Gasteiger partial charge is 0.392 e. The average Bonchev–Trinajstić information content (AvgIpc) is 2.43. The van der Waals surface area contributed by atoms with Gasteiger partial charge in [0.2, 0.25) is 0 Å². The highest BCUT2D eigenvalue weighted by molar-refractivity contribution is 5.87. The Morgan fingerprint density at radius 3 is 2.84 bits per heavy atom. The first-order chi connectivity index (χ1) is 9.29. The molecule has 1 aliphatic rings. The number of aryl methyl sites for hydroxylation is 1. The molecule has 1 aromatic rings. The van der Waals surface area contributed by atoms with Crippen LogP contribution in [0.3, 0.4) is 0 Å². The van der Waals surface area contributed by atoms with E-state index >= 15 is 0 Å². The van der Waals surface area contributed by atoms with Crippen molar-refractivity contribution in [3.63, 3.8) is 0 Å². The number of rotatable bonds is 5. The molecular weight excluding hydrogens is 234 g/mol. The van der Waals surface area contributed by atoms with Crippen molar-refractivity contribution < 1.29 is 4.84 Å². The second-order valence-corrected chi connectivity index (χ2v) is 5.30. The lowest BCUT2D eigenvalue weighted by atomic mass is 9.83. The number of benzene rings is 1. The molecule has 1 fully saturated rings. The van der Waals surface area contributed by atoms with Gasteiger partial charge in [0.15, 0.2) is 0 Å². The maximum absolute atomic E-state index is 5.28. The van der Waals surface area contributed by atoms with Gasteiger partial charge in [0.05, 0.1) is 5.71 Å². The van der Waals surface area contributed by atoms with Gasteiger partial charge in [-0.1, -0.05) is 54.1 Å². The van der Waals surface area contributed by atoms with Gasteiger partial charge in [0, 0.05) is 5.92 Å². The van der Waals surface area contributed by atoms with Crippen LogP contribution in [0.1, 0.15) is 36.8 Å². The summed E-state index contributed by atoms with van der Waals surface area (Å²) in [6.45, 7) is 6.27. The van der Waals surface area contributed by atoms with Crippen LogP contribution in [0, 0.1) is 12.8 Å². The Bertz CT molecular complexity index is 433. The fraction of sp³-hybridized carbons (Fsp3) is 0.471. The third-order valence-electron chi connectivity index (χ3n) is 3.68. The average molecular weight is 257 g/mol. The molecule has 2 rings (SSSR count). The summed E-state index contributed by atoms with van der Waals surface area (Å²) in [5, 5.41) is 4.31. The van der Waals surface area contributed by atoms with E-state index in [2.05, 4.69) is 42.9 Å². The van der Waals surface area contributed by atoms with Crippen molar-refractivity contribution in [3.8, 4) is 0 Å². The molecule has 1 saturated carbocycles. The summed E-state index contributed by atoms with van der Waals surface area (Å²) in [6.07, 6.45) is 7.66. The Kier molecular flexibility index (Phi) is 5.20. The Balaban J connectivity index is 2.00. The molecule has 0 aromatic heterocycles. The van der Waals surface area contributed by atoms with Crippen LogP contribution in [0.5, 0.6) is 0 Å². The Hall–Kier alpha value is -1.57. The minimum atomic E-state index is 0.501. The zero-order valence-corrected chi connectivity index (χ0v) is 11.8. The molecule has 1 aliphatic carbocycles.